The van der Waals surface area contributed by atoms with E-state index in [1.165, 1.54) is 23.8 Å². The molecule has 7 rings (SSSR count). The number of nitrogens with one attached hydrogen (secondary N) is 2. The van der Waals surface area contributed by atoms with Crippen molar-refractivity contribution in [2.24, 2.45) is 0 Å². The molecule has 5 aromatic carbocycles. The van der Waals surface area contributed by atoms with Crippen molar-refractivity contribution >= 4 is 55.5 Å². The molecule has 1 aromatic heterocycles. The van der Waals surface area contributed by atoms with Crippen LogP contribution in [0.2, 0.25) is 5.02 Å². The zero-order valence-corrected chi connectivity index (χ0v) is 34.2. The van der Waals surface area contributed by atoms with Crippen molar-refractivity contribution in [2.75, 3.05) is 63.6 Å². The fraction of sp³-hybridized carbons (Fsp3) is 0.227. The Balaban J connectivity index is 1.11. The van der Waals surface area contributed by atoms with Gasteiger partial charge in [0.25, 0.3) is 21.6 Å². The molecule has 2 N–H and O–H groups in total. The lowest BCUT2D eigenvalue weighted by Gasteiger charge is -2.36. The Morgan fingerprint density at radius 2 is 1.68 bits per heavy atom. The molecule has 0 unspecified atom stereocenters. The number of halogens is 1. The summed E-state index contributed by atoms with van der Waals surface area (Å²) in [5.74, 6) is -0.394. The van der Waals surface area contributed by atoms with Gasteiger partial charge in [-0.15, -0.1) is 0 Å². The number of amides is 1. The number of nitro groups is 1. The number of ether oxygens (including phenoxy) is 1. The number of nitrogens with zero attached hydrogens (tertiary/aromatic N) is 5. The molecule has 1 fully saturated rings. The first-order valence-corrected chi connectivity index (χ1v) is 21.0. The van der Waals surface area contributed by atoms with Gasteiger partial charge in [-0.1, -0.05) is 54.1 Å². The van der Waals surface area contributed by atoms with Gasteiger partial charge in [-0.3, -0.25) is 24.8 Å². The van der Waals surface area contributed by atoms with E-state index >= 15 is 0 Å². The quantitative estimate of drug-likeness (QED) is 0.0588. The average molecular weight is 834 g/mol. The lowest BCUT2D eigenvalue weighted by molar-refractivity contribution is -0.384. The number of carbonyl (C=O) groups excluding carboxylic acids is 1. The van der Waals surface area contributed by atoms with E-state index in [1.54, 1.807) is 36.5 Å². The molecule has 1 aliphatic heterocycles. The third kappa shape index (κ3) is 9.98. The van der Waals surface area contributed by atoms with E-state index in [2.05, 4.69) is 37.0 Å². The molecule has 1 aliphatic rings. The van der Waals surface area contributed by atoms with Crippen molar-refractivity contribution in [1.82, 2.24) is 19.5 Å². The first-order valence-electron chi connectivity index (χ1n) is 19.2. The fourth-order valence-corrected chi connectivity index (χ4v) is 8.18. The maximum atomic E-state index is 13.9. The predicted molar refractivity (Wildman–Crippen MR) is 232 cm³/mol. The number of rotatable bonds is 15. The molecule has 0 bridgehead atoms. The molecule has 59 heavy (non-hydrogen) atoms. The molecule has 1 amide bonds. The number of hydrogen-bond donors (Lipinski definition) is 2. The molecule has 0 spiro atoms. The van der Waals surface area contributed by atoms with Gasteiger partial charge in [0.15, 0.2) is 0 Å². The smallest absolute Gasteiger partial charge is 0.293 e. The van der Waals surface area contributed by atoms with Gasteiger partial charge >= 0.3 is 0 Å². The monoisotopic (exact) mass is 833 g/mol. The lowest BCUT2D eigenvalue weighted by atomic mass is 9.99. The number of piperazine rings is 1. The standard InChI is InChI=1S/C44H44ClN7O6S/c1-49(2)23-7-22-47-40-20-18-35(29-41(40)52(54)55)59(56,57)48-44(53)38-19-17-34(28-43(38)58-42-12-5-11-39-37(42)10-6-21-46-39)51-26-24-50(25-27-51)30-32-8-3-4-9-36(32)31-13-15-33(45)16-14-31/h3-6,8-21,28-29,47H,7,22-27,30H2,1-2H3,(H,48,53). The number of carbonyl (C=O) groups is 1. The molecule has 6 aromatic rings. The van der Waals surface area contributed by atoms with E-state index in [9.17, 15) is 23.3 Å². The number of anilines is 2. The summed E-state index contributed by atoms with van der Waals surface area (Å²) in [5, 5.41) is 16.4. The van der Waals surface area contributed by atoms with Crippen LogP contribution in [0, 0.1) is 10.1 Å². The normalized spacial score (nSPS) is 13.4. The molecular weight excluding hydrogens is 790 g/mol. The summed E-state index contributed by atoms with van der Waals surface area (Å²) in [7, 11) is -0.701. The molecule has 0 radical (unpaired) electrons. The van der Waals surface area contributed by atoms with Crippen LogP contribution in [0.4, 0.5) is 17.1 Å². The summed E-state index contributed by atoms with van der Waals surface area (Å²) < 4.78 is 35.8. The van der Waals surface area contributed by atoms with E-state index in [1.807, 2.05) is 67.5 Å². The molecule has 1 saturated heterocycles. The maximum absolute atomic E-state index is 13.9. The van der Waals surface area contributed by atoms with Crippen LogP contribution in [-0.2, 0) is 16.6 Å². The molecule has 304 valence electrons. The summed E-state index contributed by atoms with van der Waals surface area (Å²) in [6, 6.07) is 33.8. The molecule has 0 atom stereocenters. The van der Waals surface area contributed by atoms with Crippen LogP contribution in [0.15, 0.2) is 126 Å². The van der Waals surface area contributed by atoms with Gasteiger partial charge in [0.1, 0.15) is 17.2 Å². The van der Waals surface area contributed by atoms with Gasteiger partial charge in [0.05, 0.1) is 20.9 Å². The van der Waals surface area contributed by atoms with Crippen molar-refractivity contribution in [3.8, 4) is 22.6 Å². The number of benzene rings is 5. The number of fused-ring (bicyclic) bond motifs is 1. The van der Waals surface area contributed by atoms with Gasteiger partial charge in [-0.05, 0) is 104 Å². The molecule has 13 nitrogen and oxygen atoms in total. The van der Waals surface area contributed by atoms with Crippen molar-refractivity contribution in [2.45, 2.75) is 17.9 Å². The zero-order valence-electron chi connectivity index (χ0n) is 32.7. The number of aromatic nitrogens is 1. The van der Waals surface area contributed by atoms with Gasteiger partial charge in [0.2, 0.25) is 0 Å². The van der Waals surface area contributed by atoms with Crippen LogP contribution >= 0.6 is 11.6 Å². The largest absolute Gasteiger partial charge is 0.456 e. The SMILES string of the molecule is CN(C)CCCNc1ccc(S(=O)(=O)NC(=O)c2ccc(N3CCN(Cc4ccccc4-c4ccc(Cl)cc4)CC3)cc2Oc2cccc3ncccc23)cc1[N+](=O)[O-]. The van der Waals surface area contributed by atoms with Crippen LogP contribution < -0.4 is 19.7 Å². The second kappa shape index (κ2) is 18.2. The Morgan fingerprint density at radius 3 is 2.44 bits per heavy atom. The van der Waals surface area contributed by atoms with E-state index in [0.29, 0.717) is 41.3 Å². The van der Waals surface area contributed by atoms with E-state index in [4.69, 9.17) is 16.3 Å². The van der Waals surface area contributed by atoms with Gasteiger partial charge in [-0.2, -0.15) is 0 Å². The molecule has 2 heterocycles. The van der Waals surface area contributed by atoms with Crippen molar-refractivity contribution in [3.05, 3.63) is 148 Å². The highest BCUT2D eigenvalue weighted by atomic mass is 35.5. The van der Waals surface area contributed by atoms with E-state index in [0.717, 1.165) is 55.5 Å². The summed E-state index contributed by atoms with van der Waals surface area (Å²) >= 11 is 6.15. The summed E-state index contributed by atoms with van der Waals surface area (Å²) in [5.41, 5.74) is 4.67. The zero-order chi connectivity index (χ0) is 41.5. The Kier molecular flexibility index (Phi) is 12.7. The first-order chi connectivity index (χ1) is 28.4. The predicted octanol–water partition coefficient (Wildman–Crippen LogP) is 8.06. The molecule has 0 aliphatic carbocycles. The summed E-state index contributed by atoms with van der Waals surface area (Å²) in [4.78, 5) is 35.8. The third-order valence-electron chi connectivity index (χ3n) is 10.1. The fourth-order valence-electron chi connectivity index (χ4n) is 7.07. The minimum absolute atomic E-state index is 0.0376. The van der Waals surface area contributed by atoms with Gasteiger partial charge < -0.3 is 19.9 Å². The Hall–Kier alpha value is -6.06. The number of nitro benzene ring substituents is 1. The van der Waals surface area contributed by atoms with E-state index in [-0.39, 0.29) is 17.0 Å². The van der Waals surface area contributed by atoms with Crippen LogP contribution in [0.3, 0.4) is 0 Å². The average Bonchev–Trinajstić information content (AvgIpc) is 3.23. The maximum Gasteiger partial charge on any atom is 0.293 e. The van der Waals surface area contributed by atoms with Crippen LogP contribution in [0.1, 0.15) is 22.3 Å². The second-order valence-corrected chi connectivity index (χ2v) is 16.6. The Labute approximate surface area is 348 Å². The van der Waals surface area contributed by atoms with Gasteiger partial charge in [-0.25, -0.2) is 13.1 Å². The molecule has 15 heteroatoms. The van der Waals surface area contributed by atoms with Crippen LogP contribution in [0.25, 0.3) is 22.0 Å². The highest BCUT2D eigenvalue weighted by Crippen LogP contribution is 2.35. The molecular formula is C44H44ClN7O6S. The number of sulfonamides is 1. The van der Waals surface area contributed by atoms with Gasteiger partial charge in [0, 0.05) is 73.7 Å². The minimum atomic E-state index is -4.55. The third-order valence-corrected chi connectivity index (χ3v) is 11.7. The Morgan fingerprint density at radius 1 is 0.898 bits per heavy atom. The van der Waals surface area contributed by atoms with E-state index < -0.39 is 31.4 Å². The summed E-state index contributed by atoms with van der Waals surface area (Å²) in [6.07, 6.45) is 2.39. The second-order valence-electron chi connectivity index (χ2n) is 14.5. The first kappa shape index (κ1) is 41.1. The summed E-state index contributed by atoms with van der Waals surface area (Å²) in [6.45, 7) is 4.92. The van der Waals surface area contributed by atoms with Crippen molar-refractivity contribution < 1.29 is 22.9 Å². The molecule has 0 saturated carbocycles. The Bertz CT molecular complexity index is 2580. The van der Waals surface area contributed by atoms with Crippen molar-refractivity contribution in [1.29, 1.82) is 0 Å². The number of pyridine rings is 1. The number of hydrogen-bond acceptors (Lipinski definition) is 11. The highest BCUT2D eigenvalue weighted by Gasteiger charge is 2.27. The topological polar surface area (TPSA) is 150 Å². The lowest BCUT2D eigenvalue weighted by Crippen LogP contribution is -2.46. The van der Waals surface area contributed by atoms with Crippen LogP contribution in [-0.4, -0.2) is 87.4 Å². The van der Waals surface area contributed by atoms with Crippen LogP contribution in [0.5, 0.6) is 11.5 Å². The minimum Gasteiger partial charge on any atom is -0.456 e. The highest BCUT2D eigenvalue weighted by molar-refractivity contribution is 7.90. The van der Waals surface area contributed by atoms with Crippen molar-refractivity contribution in [3.63, 3.8) is 0 Å².